The van der Waals surface area contributed by atoms with Gasteiger partial charge in [-0.3, -0.25) is 0 Å². The molecule has 0 bridgehead atoms. The highest BCUT2D eigenvalue weighted by molar-refractivity contribution is 5.66. The third-order valence-corrected chi connectivity index (χ3v) is 2.40. The first-order valence-corrected chi connectivity index (χ1v) is 4.45. The van der Waals surface area contributed by atoms with Crippen molar-refractivity contribution in [3.05, 3.63) is 47.1 Å². The van der Waals surface area contributed by atoms with E-state index in [9.17, 15) is 5.11 Å². The number of hydrogen-bond donors (Lipinski definition) is 1. The second kappa shape index (κ2) is 3.09. The first kappa shape index (κ1) is 8.11. The van der Waals surface area contributed by atoms with Crippen molar-refractivity contribution in [3.63, 3.8) is 0 Å². The Morgan fingerprint density at radius 3 is 2.92 bits per heavy atom. The molecule has 1 aromatic carbocycles. The molecule has 0 saturated carbocycles. The van der Waals surface area contributed by atoms with Gasteiger partial charge in [-0.15, -0.1) is 0 Å². The number of allylic oxidation sites excluding steroid dienone is 3. The Balaban J connectivity index is 2.52. The Hall–Kier alpha value is -1.50. The van der Waals surface area contributed by atoms with Crippen LogP contribution in [0, 0.1) is 0 Å². The Labute approximate surface area is 78.0 Å². The first-order chi connectivity index (χ1) is 6.31. The number of rotatable bonds is 0. The standard InChI is InChI=1S/C12H12O/c1-2-9-6-7-11-10(8-9)4-3-5-12(11)13/h2-7,13H,8H2,1H3. The van der Waals surface area contributed by atoms with Gasteiger partial charge < -0.3 is 5.11 Å². The molecule has 0 radical (unpaired) electrons. The third-order valence-electron chi connectivity index (χ3n) is 2.40. The van der Waals surface area contributed by atoms with Gasteiger partial charge in [0, 0.05) is 5.56 Å². The minimum Gasteiger partial charge on any atom is -0.507 e. The number of benzene rings is 1. The number of fused-ring (bicyclic) bond motifs is 1. The fourth-order valence-corrected chi connectivity index (χ4v) is 1.61. The van der Waals surface area contributed by atoms with Crippen LogP contribution in [0.15, 0.2) is 35.9 Å². The van der Waals surface area contributed by atoms with Crippen LogP contribution in [0.25, 0.3) is 6.08 Å². The summed E-state index contributed by atoms with van der Waals surface area (Å²) in [6.07, 6.45) is 7.06. The Bertz CT molecular complexity index is 386. The molecule has 1 N–H and O–H groups in total. The molecule has 0 amide bonds. The Morgan fingerprint density at radius 2 is 2.15 bits per heavy atom. The zero-order valence-corrected chi connectivity index (χ0v) is 7.62. The molecular weight excluding hydrogens is 160 g/mol. The van der Waals surface area contributed by atoms with Crippen molar-refractivity contribution in [2.45, 2.75) is 13.3 Å². The lowest BCUT2D eigenvalue weighted by atomic mass is 9.93. The van der Waals surface area contributed by atoms with Gasteiger partial charge >= 0.3 is 0 Å². The summed E-state index contributed by atoms with van der Waals surface area (Å²) in [5.41, 5.74) is 3.47. The molecule has 0 aliphatic heterocycles. The van der Waals surface area contributed by atoms with Crippen molar-refractivity contribution in [2.24, 2.45) is 0 Å². The molecule has 0 unspecified atom stereocenters. The minimum atomic E-state index is 0.379. The van der Waals surface area contributed by atoms with Gasteiger partial charge in [0.1, 0.15) is 5.75 Å². The average Bonchev–Trinajstić information content (AvgIpc) is 2.18. The summed E-state index contributed by atoms with van der Waals surface area (Å²) in [4.78, 5) is 0. The second-order valence-corrected chi connectivity index (χ2v) is 3.22. The lowest BCUT2D eigenvalue weighted by Gasteiger charge is -2.13. The molecule has 0 aromatic heterocycles. The molecule has 0 spiro atoms. The van der Waals surface area contributed by atoms with Crippen molar-refractivity contribution < 1.29 is 5.11 Å². The van der Waals surface area contributed by atoms with Crippen molar-refractivity contribution in [2.75, 3.05) is 0 Å². The fourth-order valence-electron chi connectivity index (χ4n) is 1.61. The molecule has 1 heteroatoms. The maximum Gasteiger partial charge on any atom is 0.123 e. The van der Waals surface area contributed by atoms with Gasteiger partial charge in [0.2, 0.25) is 0 Å². The van der Waals surface area contributed by atoms with E-state index in [0.717, 1.165) is 12.0 Å². The summed E-state index contributed by atoms with van der Waals surface area (Å²) < 4.78 is 0. The molecular formula is C12H12O. The van der Waals surface area contributed by atoms with Crippen LogP contribution in [0.5, 0.6) is 5.75 Å². The van der Waals surface area contributed by atoms with E-state index < -0.39 is 0 Å². The quantitative estimate of drug-likeness (QED) is 0.638. The number of aromatic hydroxyl groups is 1. The molecule has 1 aliphatic carbocycles. The maximum atomic E-state index is 9.54. The van der Waals surface area contributed by atoms with Crippen molar-refractivity contribution in [1.29, 1.82) is 0 Å². The highest BCUT2D eigenvalue weighted by atomic mass is 16.3. The van der Waals surface area contributed by atoms with E-state index in [-0.39, 0.29) is 0 Å². The lowest BCUT2D eigenvalue weighted by Crippen LogP contribution is -1.96. The van der Waals surface area contributed by atoms with E-state index in [0.29, 0.717) is 5.75 Å². The number of hydrogen-bond acceptors (Lipinski definition) is 1. The molecule has 66 valence electrons. The molecule has 2 rings (SSSR count). The largest absolute Gasteiger partial charge is 0.507 e. The van der Waals surface area contributed by atoms with Crippen LogP contribution in [0.1, 0.15) is 18.1 Å². The van der Waals surface area contributed by atoms with Crippen LogP contribution in [-0.4, -0.2) is 5.11 Å². The van der Waals surface area contributed by atoms with E-state index in [1.807, 2.05) is 19.1 Å². The third kappa shape index (κ3) is 1.37. The van der Waals surface area contributed by atoms with E-state index >= 15 is 0 Å². The fraction of sp³-hybridized carbons (Fsp3) is 0.167. The van der Waals surface area contributed by atoms with Crippen LogP contribution in [0.3, 0.4) is 0 Å². The van der Waals surface area contributed by atoms with Crippen molar-refractivity contribution >= 4 is 6.08 Å². The van der Waals surface area contributed by atoms with E-state index in [1.165, 1.54) is 11.1 Å². The van der Waals surface area contributed by atoms with Gasteiger partial charge in [-0.25, -0.2) is 0 Å². The van der Waals surface area contributed by atoms with E-state index in [2.05, 4.69) is 18.2 Å². The predicted octanol–water partition coefficient (Wildman–Crippen LogP) is 2.91. The molecule has 0 fully saturated rings. The smallest absolute Gasteiger partial charge is 0.123 e. The summed E-state index contributed by atoms with van der Waals surface area (Å²) in [6.45, 7) is 2.04. The molecule has 1 aliphatic rings. The van der Waals surface area contributed by atoms with Gasteiger partial charge in [-0.2, -0.15) is 0 Å². The van der Waals surface area contributed by atoms with Gasteiger partial charge in [-0.05, 0) is 30.5 Å². The lowest BCUT2D eigenvalue weighted by molar-refractivity contribution is 0.473. The van der Waals surface area contributed by atoms with Crippen molar-refractivity contribution in [1.82, 2.24) is 0 Å². The molecule has 0 heterocycles. The Kier molecular flexibility index (Phi) is 1.93. The van der Waals surface area contributed by atoms with Crippen LogP contribution in [0.2, 0.25) is 0 Å². The Morgan fingerprint density at radius 1 is 1.31 bits per heavy atom. The first-order valence-electron chi connectivity index (χ1n) is 4.45. The average molecular weight is 172 g/mol. The molecule has 0 saturated heterocycles. The van der Waals surface area contributed by atoms with E-state index in [1.54, 1.807) is 6.07 Å². The highest BCUT2D eigenvalue weighted by Gasteiger charge is 2.09. The van der Waals surface area contributed by atoms with Crippen LogP contribution in [-0.2, 0) is 6.42 Å². The number of phenols is 1. The maximum absolute atomic E-state index is 9.54. The minimum absolute atomic E-state index is 0.379. The zero-order chi connectivity index (χ0) is 9.26. The summed E-state index contributed by atoms with van der Waals surface area (Å²) in [6, 6.07) is 5.67. The van der Waals surface area contributed by atoms with Gasteiger partial charge in [-0.1, -0.05) is 30.4 Å². The summed E-state index contributed by atoms with van der Waals surface area (Å²) in [5, 5.41) is 9.54. The van der Waals surface area contributed by atoms with Crippen LogP contribution < -0.4 is 0 Å². The molecule has 1 nitrogen and oxygen atoms in total. The van der Waals surface area contributed by atoms with Crippen LogP contribution in [0.4, 0.5) is 0 Å². The SMILES string of the molecule is CC=C1C=Cc2c(O)cccc2C1. The normalized spacial score (nSPS) is 17.5. The summed E-state index contributed by atoms with van der Waals surface area (Å²) >= 11 is 0. The monoisotopic (exact) mass is 172 g/mol. The summed E-state index contributed by atoms with van der Waals surface area (Å²) in [5.74, 6) is 0.379. The number of phenolic OH excluding ortho intramolecular Hbond substituents is 1. The highest BCUT2D eigenvalue weighted by Crippen LogP contribution is 2.28. The predicted molar refractivity (Wildman–Crippen MR) is 54.6 cm³/mol. The second-order valence-electron chi connectivity index (χ2n) is 3.22. The van der Waals surface area contributed by atoms with E-state index in [4.69, 9.17) is 0 Å². The molecule has 1 aromatic rings. The molecule has 0 atom stereocenters. The van der Waals surface area contributed by atoms with Gasteiger partial charge in [0.25, 0.3) is 0 Å². The molecule has 13 heavy (non-hydrogen) atoms. The van der Waals surface area contributed by atoms with Crippen LogP contribution >= 0.6 is 0 Å². The van der Waals surface area contributed by atoms with Gasteiger partial charge in [0.05, 0.1) is 0 Å². The topological polar surface area (TPSA) is 20.2 Å². The van der Waals surface area contributed by atoms with Gasteiger partial charge in [0.15, 0.2) is 0 Å². The van der Waals surface area contributed by atoms with Crippen molar-refractivity contribution in [3.8, 4) is 5.75 Å². The summed E-state index contributed by atoms with van der Waals surface area (Å²) in [7, 11) is 0. The zero-order valence-electron chi connectivity index (χ0n) is 7.62.